The zero-order valence-corrected chi connectivity index (χ0v) is 17.1. The lowest BCUT2D eigenvalue weighted by atomic mass is 9.98. The number of rotatable bonds is 6. The highest BCUT2D eigenvalue weighted by Gasteiger charge is 2.12. The maximum Gasteiger partial charge on any atom is 0.226 e. The van der Waals surface area contributed by atoms with E-state index in [2.05, 4.69) is 43.2 Å². The molecule has 0 radical (unpaired) electrons. The van der Waals surface area contributed by atoms with E-state index >= 15 is 0 Å². The number of carbonyl (C=O) groups is 1. The first kappa shape index (κ1) is 19.6. The topological polar surface area (TPSA) is 42.0 Å². The van der Waals surface area contributed by atoms with Gasteiger partial charge in [-0.2, -0.15) is 0 Å². The summed E-state index contributed by atoms with van der Waals surface area (Å²) in [6.07, 6.45) is 0.375. The molecule has 0 aliphatic carbocycles. The molecule has 27 heavy (non-hydrogen) atoms. The van der Waals surface area contributed by atoms with Gasteiger partial charge in [0.1, 0.15) is 5.82 Å². The molecule has 0 bridgehead atoms. The lowest BCUT2D eigenvalue weighted by molar-refractivity contribution is -0.115. The number of aromatic nitrogens is 1. The van der Waals surface area contributed by atoms with Crippen LogP contribution in [0.15, 0.2) is 46.7 Å². The third-order valence-electron chi connectivity index (χ3n) is 4.10. The Morgan fingerprint density at radius 3 is 2.48 bits per heavy atom. The molecule has 3 aromatic rings. The SMILES string of the molecule is Cc1cc(C)c(-c2csc(NC(=O)CCSc3ccc(F)cc3)n2)c(C)c1. The van der Waals surface area contributed by atoms with E-state index in [0.717, 1.165) is 16.2 Å². The van der Waals surface area contributed by atoms with Crippen molar-refractivity contribution in [1.29, 1.82) is 0 Å². The van der Waals surface area contributed by atoms with E-state index in [4.69, 9.17) is 0 Å². The van der Waals surface area contributed by atoms with Crippen LogP contribution >= 0.6 is 23.1 Å². The van der Waals surface area contributed by atoms with Crippen LogP contribution in [0.1, 0.15) is 23.1 Å². The minimum Gasteiger partial charge on any atom is -0.302 e. The number of benzene rings is 2. The molecule has 1 heterocycles. The normalized spacial score (nSPS) is 10.8. The summed E-state index contributed by atoms with van der Waals surface area (Å²) in [5, 5.41) is 5.46. The summed E-state index contributed by atoms with van der Waals surface area (Å²) in [7, 11) is 0. The quantitative estimate of drug-likeness (QED) is 0.516. The van der Waals surface area contributed by atoms with Crippen LogP contribution < -0.4 is 5.32 Å². The number of nitrogens with zero attached hydrogens (tertiary/aromatic N) is 1. The van der Waals surface area contributed by atoms with Crippen LogP contribution in [0.5, 0.6) is 0 Å². The predicted molar refractivity (Wildman–Crippen MR) is 112 cm³/mol. The lowest BCUT2D eigenvalue weighted by Crippen LogP contribution is -2.11. The third kappa shape index (κ3) is 5.17. The maximum absolute atomic E-state index is 12.9. The van der Waals surface area contributed by atoms with Gasteiger partial charge in [-0.05, 0) is 56.2 Å². The predicted octanol–water partition coefficient (Wildman–Crippen LogP) is 6.00. The maximum atomic E-state index is 12.9. The van der Waals surface area contributed by atoms with Crippen molar-refractivity contribution in [2.75, 3.05) is 11.1 Å². The van der Waals surface area contributed by atoms with Crippen LogP contribution in [0.4, 0.5) is 9.52 Å². The van der Waals surface area contributed by atoms with Gasteiger partial charge in [-0.25, -0.2) is 9.37 Å². The number of hydrogen-bond acceptors (Lipinski definition) is 4. The smallest absolute Gasteiger partial charge is 0.226 e. The van der Waals surface area contributed by atoms with Crippen LogP contribution in [0.25, 0.3) is 11.3 Å². The molecule has 2 aromatic carbocycles. The molecular formula is C21H21FN2OS2. The number of hydrogen-bond donors (Lipinski definition) is 1. The fourth-order valence-electron chi connectivity index (χ4n) is 3.00. The first-order valence-electron chi connectivity index (χ1n) is 8.64. The Hall–Kier alpha value is -2.18. The number of aryl methyl sites for hydroxylation is 3. The number of nitrogens with one attached hydrogen (secondary N) is 1. The van der Waals surface area contributed by atoms with Crippen molar-refractivity contribution in [2.45, 2.75) is 32.1 Å². The Balaban J connectivity index is 1.57. The molecule has 6 heteroatoms. The Bertz CT molecular complexity index is 928. The van der Waals surface area contributed by atoms with Crippen molar-refractivity contribution in [2.24, 2.45) is 0 Å². The third-order valence-corrected chi connectivity index (χ3v) is 5.87. The Kier molecular flexibility index (Phi) is 6.29. The van der Waals surface area contributed by atoms with E-state index < -0.39 is 0 Å². The largest absolute Gasteiger partial charge is 0.302 e. The van der Waals surface area contributed by atoms with Gasteiger partial charge in [0.15, 0.2) is 5.13 Å². The highest BCUT2D eigenvalue weighted by molar-refractivity contribution is 7.99. The Morgan fingerprint density at radius 1 is 1.15 bits per heavy atom. The molecule has 3 nitrogen and oxygen atoms in total. The summed E-state index contributed by atoms with van der Waals surface area (Å²) < 4.78 is 12.9. The van der Waals surface area contributed by atoms with Gasteiger partial charge in [-0.15, -0.1) is 23.1 Å². The molecule has 1 amide bonds. The molecule has 1 aromatic heterocycles. The van der Waals surface area contributed by atoms with Gasteiger partial charge in [0.05, 0.1) is 5.69 Å². The second-order valence-corrected chi connectivity index (χ2v) is 8.44. The van der Waals surface area contributed by atoms with E-state index in [1.807, 2.05) is 5.38 Å². The number of amides is 1. The number of anilines is 1. The summed E-state index contributed by atoms with van der Waals surface area (Å²) in [4.78, 5) is 17.7. The molecule has 0 saturated heterocycles. The molecule has 0 fully saturated rings. The van der Waals surface area contributed by atoms with Crippen LogP contribution in [0.3, 0.4) is 0 Å². The summed E-state index contributed by atoms with van der Waals surface area (Å²) >= 11 is 2.97. The average Bonchev–Trinajstić information content (AvgIpc) is 3.03. The van der Waals surface area contributed by atoms with Gasteiger partial charge in [-0.1, -0.05) is 17.7 Å². The molecular weight excluding hydrogens is 379 g/mol. The molecule has 0 aliphatic heterocycles. The number of halogens is 1. The molecule has 140 valence electrons. The van der Waals surface area contributed by atoms with E-state index in [1.54, 1.807) is 12.1 Å². The van der Waals surface area contributed by atoms with Crippen molar-refractivity contribution >= 4 is 34.1 Å². The van der Waals surface area contributed by atoms with Crippen LogP contribution in [0, 0.1) is 26.6 Å². The van der Waals surface area contributed by atoms with Gasteiger partial charge in [-0.3, -0.25) is 4.79 Å². The van der Waals surface area contributed by atoms with Gasteiger partial charge in [0.25, 0.3) is 0 Å². The number of carbonyl (C=O) groups excluding carboxylic acids is 1. The zero-order valence-electron chi connectivity index (χ0n) is 15.5. The molecule has 0 saturated carbocycles. The molecule has 1 N–H and O–H groups in total. The highest BCUT2D eigenvalue weighted by atomic mass is 32.2. The Morgan fingerprint density at radius 2 is 1.81 bits per heavy atom. The first-order valence-corrected chi connectivity index (χ1v) is 10.5. The van der Waals surface area contributed by atoms with E-state index in [0.29, 0.717) is 17.3 Å². The summed E-state index contributed by atoms with van der Waals surface area (Å²) in [5.41, 5.74) is 5.63. The first-order chi connectivity index (χ1) is 12.9. The van der Waals surface area contributed by atoms with Crippen molar-refractivity contribution in [3.05, 3.63) is 64.3 Å². The monoisotopic (exact) mass is 400 g/mol. The van der Waals surface area contributed by atoms with Gasteiger partial charge in [0.2, 0.25) is 5.91 Å². The average molecular weight is 401 g/mol. The minimum absolute atomic E-state index is 0.0668. The second kappa shape index (κ2) is 8.67. The van der Waals surface area contributed by atoms with E-state index in [1.165, 1.54) is 51.9 Å². The number of thiazole rings is 1. The lowest BCUT2D eigenvalue weighted by Gasteiger charge is -2.08. The standard InChI is InChI=1S/C21H21FN2OS2/c1-13-10-14(2)20(15(3)11-13)18-12-27-21(23-18)24-19(25)8-9-26-17-6-4-16(22)5-7-17/h4-7,10-12H,8-9H2,1-3H3,(H,23,24,25). The fraction of sp³-hybridized carbons (Fsp3) is 0.238. The number of thioether (sulfide) groups is 1. The molecule has 0 atom stereocenters. The minimum atomic E-state index is -0.254. The summed E-state index contributed by atoms with van der Waals surface area (Å²) in [5.74, 6) is 0.310. The molecule has 0 spiro atoms. The molecule has 0 aliphatic rings. The second-order valence-electron chi connectivity index (χ2n) is 6.41. The zero-order chi connectivity index (χ0) is 19.4. The summed E-state index contributed by atoms with van der Waals surface area (Å²) in [6, 6.07) is 10.6. The van der Waals surface area contributed by atoms with Crippen LogP contribution in [-0.2, 0) is 4.79 Å². The van der Waals surface area contributed by atoms with Crippen LogP contribution in [0.2, 0.25) is 0 Å². The van der Waals surface area contributed by atoms with E-state index in [9.17, 15) is 9.18 Å². The van der Waals surface area contributed by atoms with Crippen molar-refractivity contribution < 1.29 is 9.18 Å². The molecule has 0 unspecified atom stereocenters. The highest BCUT2D eigenvalue weighted by Crippen LogP contribution is 2.31. The van der Waals surface area contributed by atoms with Gasteiger partial charge >= 0.3 is 0 Å². The van der Waals surface area contributed by atoms with Gasteiger partial charge < -0.3 is 5.32 Å². The van der Waals surface area contributed by atoms with Crippen molar-refractivity contribution in [3.63, 3.8) is 0 Å². The van der Waals surface area contributed by atoms with Crippen molar-refractivity contribution in [3.8, 4) is 11.3 Å². The van der Waals surface area contributed by atoms with Crippen LogP contribution in [-0.4, -0.2) is 16.6 Å². The van der Waals surface area contributed by atoms with Crippen molar-refractivity contribution in [1.82, 2.24) is 4.98 Å². The summed E-state index contributed by atoms with van der Waals surface area (Å²) in [6.45, 7) is 6.25. The fourth-order valence-corrected chi connectivity index (χ4v) is 4.57. The Labute approximate surface area is 167 Å². The molecule has 3 rings (SSSR count). The van der Waals surface area contributed by atoms with Gasteiger partial charge in [0, 0.05) is 28.0 Å². The van der Waals surface area contributed by atoms with E-state index in [-0.39, 0.29) is 11.7 Å².